The van der Waals surface area contributed by atoms with Crippen molar-refractivity contribution in [2.24, 2.45) is 0 Å². The highest BCUT2D eigenvalue weighted by molar-refractivity contribution is 6.07. The predicted molar refractivity (Wildman–Crippen MR) is 103 cm³/mol. The Kier molecular flexibility index (Phi) is 4.53. The molecular formula is C22H18N2O4. The van der Waals surface area contributed by atoms with Crippen LogP contribution >= 0.6 is 0 Å². The molecule has 2 unspecified atom stereocenters. The van der Waals surface area contributed by atoms with Crippen molar-refractivity contribution in [3.63, 3.8) is 0 Å². The van der Waals surface area contributed by atoms with Gasteiger partial charge in [0.05, 0.1) is 0 Å². The molecule has 1 heterocycles. The van der Waals surface area contributed by atoms with Crippen LogP contribution in [0.4, 0.5) is 0 Å². The lowest BCUT2D eigenvalue weighted by molar-refractivity contribution is -0.148. The molecule has 1 saturated heterocycles. The zero-order valence-electron chi connectivity index (χ0n) is 14.9. The number of amides is 2. The third-order valence-electron chi connectivity index (χ3n) is 5.06. The molecule has 2 amide bonds. The summed E-state index contributed by atoms with van der Waals surface area (Å²) in [7, 11) is 0. The number of carbonyl (C=O) groups excluding carboxylic acids is 2. The van der Waals surface area contributed by atoms with Crippen molar-refractivity contribution in [2.45, 2.75) is 18.4 Å². The van der Waals surface area contributed by atoms with Crippen LogP contribution in [-0.2, 0) is 9.59 Å². The van der Waals surface area contributed by atoms with Gasteiger partial charge < -0.3 is 5.11 Å². The maximum Gasteiger partial charge on any atom is 0.329 e. The van der Waals surface area contributed by atoms with Gasteiger partial charge in [-0.15, -0.1) is 0 Å². The smallest absolute Gasteiger partial charge is 0.329 e. The van der Waals surface area contributed by atoms with Gasteiger partial charge in [0.2, 0.25) is 5.91 Å². The van der Waals surface area contributed by atoms with Crippen LogP contribution < -0.4 is 5.43 Å². The van der Waals surface area contributed by atoms with E-state index in [2.05, 4.69) is 5.43 Å². The van der Waals surface area contributed by atoms with Crippen LogP contribution in [0.3, 0.4) is 0 Å². The van der Waals surface area contributed by atoms with Crippen molar-refractivity contribution in [1.29, 1.82) is 0 Å². The Morgan fingerprint density at radius 3 is 2.36 bits per heavy atom. The predicted octanol–water partition coefficient (Wildman–Crippen LogP) is 2.95. The summed E-state index contributed by atoms with van der Waals surface area (Å²) in [6.07, 6.45) is 0.0246. The molecular weight excluding hydrogens is 356 g/mol. The van der Waals surface area contributed by atoms with Gasteiger partial charge in [-0.05, 0) is 22.4 Å². The fraction of sp³-hybridized carbons (Fsp3) is 0.136. The van der Waals surface area contributed by atoms with Crippen LogP contribution in [0.2, 0.25) is 0 Å². The average Bonchev–Trinajstić information content (AvgIpc) is 3.04. The van der Waals surface area contributed by atoms with E-state index in [0.29, 0.717) is 5.56 Å². The highest BCUT2D eigenvalue weighted by Crippen LogP contribution is 2.33. The third kappa shape index (κ3) is 3.09. The molecule has 1 aliphatic rings. The lowest BCUT2D eigenvalue weighted by Gasteiger charge is -2.25. The van der Waals surface area contributed by atoms with Crippen molar-refractivity contribution < 1.29 is 19.5 Å². The quantitative estimate of drug-likeness (QED) is 0.735. The first-order valence-corrected chi connectivity index (χ1v) is 8.95. The number of hydrogen-bond acceptors (Lipinski definition) is 3. The van der Waals surface area contributed by atoms with E-state index >= 15 is 0 Å². The second-order valence-electron chi connectivity index (χ2n) is 6.74. The Balaban J connectivity index is 1.65. The second-order valence-corrected chi connectivity index (χ2v) is 6.74. The van der Waals surface area contributed by atoms with Crippen LogP contribution in [0.5, 0.6) is 0 Å². The standard InChI is InChI=1S/C22H18N2O4/c25-19-13-18(15-7-2-1-3-8-15)20(22(27)28)24(19)23-21(26)17-12-6-10-14-9-4-5-11-16(14)17/h1-12,18,20H,13H2,(H,23,26)(H,27,28). The van der Waals surface area contributed by atoms with Crippen molar-refractivity contribution in [1.82, 2.24) is 10.4 Å². The van der Waals surface area contributed by atoms with Gasteiger partial charge in [-0.25, -0.2) is 9.80 Å². The normalized spacial score (nSPS) is 19.0. The number of nitrogens with zero attached hydrogens (tertiary/aromatic N) is 1. The molecule has 140 valence electrons. The van der Waals surface area contributed by atoms with Gasteiger partial charge in [0.15, 0.2) is 6.04 Å². The van der Waals surface area contributed by atoms with Crippen molar-refractivity contribution in [2.75, 3.05) is 0 Å². The van der Waals surface area contributed by atoms with Gasteiger partial charge >= 0.3 is 5.97 Å². The number of nitrogens with one attached hydrogen (secondary N) is 1. The summed E-state index contributed by atoms with van der Waals surface area (Å²) in [5.74, 6) is -2.61. The van der Waals surface area contributed by atoms with Crippen molar-refractivity contribution in [3.8, 4) is 0 Å². The molecule has 28 heavy (non-hydrogen) atoms. The molecule has 0 radical (unpaired) electrons. The number of hydrazine groups is 1. The summed E-state index contributed by atoms with van der Waals surface area (Å²) >= 11 is 0. The molecule has 3 aromatic carbocycles. The van der Waals surface area contributed by atoms with Gasteiger partial charge in [-0.1, -0.05) is 66.7 Å². The number of rotatable bonds is 4. The van der Waals surface area contributed by atoms with E-state index in [1.165, 1.54) is 0 Å². The number of hydrogen-bond donors (Lipinski definition) is 2. The van der Waals surface area contributed by atoms with Crippen LogP contribution in [-0.4, -0.2) is 33.9 Å². The maximum absolute atomic E-state index is 12.9. The van der Waals surface area contributed by atoms with Crippen LogP contribution in [0, 0.1) is 0 Å². The van der Waals surface area contributed by atoms with Gasteiger partial charge in [0, 0.05) is 17.9 Å². The SMILES string of the molecule is O=C(NN1C(=O)CC(c2ccccc2)C1C(=O)O)c1cccc2ccccc12. The summed E-state index contributed by atoms with van der Waals surface area (Å²) in [6.45, 7) is 0. The first kappa shape index (κ1) is 17.7. The van der Waals surface area contributed by atoms with Crippen LogP contribution in [0.15, 0.2) is 72.8 Å². The Morgan fingerprint density at radius 2 is 1.61 bits per heavy atom. The van der Waals surface area contributed by atoms with E-state index in [1.54, 1.807) is 36.4 Å². The largest absolute Gasteiger partial charge is 0.480 e. The Morgan fingerprint density at radius 1 is 0.929 bits per heavy atom. The fourth-order valence-electron chi connectivity index (χ4n) is 3.74. The van der Waals surface area contributed by atoms with E-state index in [-0.39, 0.29) is 6.42 Å². The number of aliphatic carboxylic acids is 1. The molecule has 0 spiro atoms. The molecule has 2 atom stereocenters. The molecule has 6 nitrogen and oxygen atoms in total. The monoisotopic (exact) mass is 374 g/mol. The van der Waals surface area contributed by atoms with Gasteiger partial charge in [0.25, 0.3) is 5.91 Å². The van der Waals surface area contributed by atoms with E-state index in [0.717, 1.165) is 21.3 Å². The van der Waals surface area contributed by atoms with Crippen molar-refractivity contribution in [3.05, 3.63) is 83.9 Å². The molecule has 0 aliphatic carbocycles. The highest BCUT2D eigenvalue weighted by atomic mass is 16.4. The number of carboxylic acids is 1. The third-order valence-corrected chi connectivity index (χ3v) is 5.06. The summed E-state index contributed by atoms with van der Waals surface area (Å²) in [5.41, 5.74) is 3.67. The zero-order valence-corrected chi connectivity index (χ0v) is 14.9. The molecule has 1 aliphatic heterocycles. The number of benzene rings is 3. The Bertz CT molecular complexity index is 1060. The lowest BCUT2D eigenvalue weighted by atomic mass is 9.92. The molecule has 0 bridgehead atoms. The molecule has 4 rings (SSSR count). The molecule has 6 heteroatoms. The van der Waals surface area contributed by atoms with Gasteiger partial charge in [0.1, 0.15) is 0 Å². The minimum absolute atomic E-state index is 0.0246. The van der Waals surface area contributed by atoms with E-state index < -0.39 is 29.7 Å². The van der Waals surface area contributed by atoms with E-state index in [1.807, 2.05) is 36.4 Å². The summed E-state index contributed by atoms with van der Waals surface area (Å²) in [6, 6.07) is 20.6. The van der Waals surface area contributed by atoms with E-state index in [4.69, 9.17) is 0 Å². The molecule has 3 aromatic rings. The van der Waals surface area contributed by atoms with Crippen LogP contribution in [0.1, 0.15) is 28.3 Å². The average molecular weight is 374 g/mol. The second kappa shape index (κ2) is 7.15. The lowest BCUT2D eigenvalue weighted by Crippen LogP contribution is -2.51. The van der Waals surface area contributed by atoms with Crippen molar-refractivity contribution >= 4 is 28.6 Å². The van der Waals surface area contributed by atoms with Crippen LogP contribution in [0.25, 0.3) is 10.8 Å². The molecule has 1 fully saturated rings. The van der Waals surface area contributed by atoms with E-state index in [9.17, 15) is 19.5 Å². The maximum atomic E-state index is 12.9. The Labute approximate surface area is 161 Å². The first-order valence-electron chi connectivity index (χ1n) is 8.95. The van der Waals surface area contributed by atoms with Gasteiger partial charge in [-0.3, -0.25) is 15.0 Å². The minimum Gasteiger partial charge on any atom is -0.480 e. The highest BCUT2D eigenvalue weighted by Gasteiger charge is 2.46. The zero-order chi connectivity index (χ0) is 19.7. The summed E-state index contributed by atoms with van der Waals surface area (Å²) in [5, 5.41) is 12.3. The number of carboxylic acid groups (broad SMARTS) is 1. The molecule has 2 N–H and O–H groups in total. The Hall–Kier alpha value is -3.67. The fourth-order valence-corrected chi connectivity index (χ4v) is 3.74. The van der Waals surface area contributed by atoms with Gasteiger partial charge in [-0.2, -0.15) is 0 Å². The summed E-state index contributed by atoms with van der Waals surface area (Å²) < 4.78 is 0. The molecule has 0 aromatic heterocycles. The number of fused-ring (bicyclic) bond motifs is 1. The minimum atomic E-state index is -1.16. The number of carbonyl (C=O) groups is 3. The molecule has 0 saturated carbocycles. The summed E-state index contributed by atoms with van der Waals surface area (Å²) in [4.78, 5) is 37.4. The topological polar surface area (TPSA) is 86.7 Å². The first-order chi connectivity index (χ1) is 13.6.